The van der Waals surface area contributed by atoms with Gasteiger partial charge in [0.1, 0.15) is 5.75 Å². The van der Waals surface area contributed by atoms with Crippen molar-refractivity contribution in [1.82, 2.24) is 4.57 Å². The van der Waals surface area contributed by atoms with Crippen molar-refractivity contribution in [3.05, 3.63) is 121 Å². The highest BCUT2D eigenvalue weighted by molar-refractivity contribution is 6.04. The van der Waals surface area contributed by atoms with Crippen LogP contribution in [0.25, 0.3) is 43.9 Å². The third-order valence-corrected chi connectivity index (χ3v) is 6.92. The zero-order valence-electron chi connectivity index (χ0n) is 21.3. The van der Waals surface area contributed by atoms with Crippen LogP contribution < -0.4 is 9.47 Å². The summed E-state index contributed by atoms with van der Waals surface area (Å²) < 4.78 is 13.6. The molecule has 0 amide bonds. The molecule has 1 heterocycles. The molecule has 0 saturated carbocycles. The van der Waals surface area contributed by atoms with Gasteiger partial charge in [-0.1, -0.05) is 109 Å². The molecule has 0 bridgehead atoms. The predicted molar refractivity (Wildman–Crippen MR) is 156 cm³/mol. The van der Waals surface area contributed by atoms with E-state index in [0.717, 1.165) is 49.7 Å². The van der Waals surface area contributed by atoms with Crippen LogP contribution in [0.1, 0.15) is 6.42 Å². The molecule has 0 aliphatic rings. The fourth-order valence-electron chi connectivity index (χ4n) is 5.25. The van der Waals surface area contributed by atoms with Crippen molar-refractivity contribution in [3.8, 4) is 33.9 Å². The number of hydrogen-bond acceptors (Lipinski definition) is 3. The van der Waals surface area contributed by atoms with Crippen LogP contribution in [0, 0.1) is 0 Å². The molecule has 5 aromatic carbocycles. The lowest BCUT2D eigenvalue weighted by Crippen LogP contribution is -2.11. The van der Waals surface area contributed by atoms with Crippen LogP contribution in [0.4, 0.5) is 4.79 Å². The SMILES string of the molecule is O=C(O)Oc1c(-c2ccccc2-c2ccccc2)c2ccccc2n1CCCOc1cccc2ccccc12. The third-order valence-electron chi connectivity index (χ3n) is 6.92. The van der Waals surface area contributed by atoms with Gasteiger partial charge in [0.05, 0.1) is 17.7 Å². The first-order valence-electron chi connectivity index (χ1n) is 13.0. The van der Waals surface area contributed by atoms with Crippen molar-refractivity contribution >= 4 is 27.8 Å². The highest BCUT2D eigenvalue weighted by Crippen LogP contribution is 2.44. The van der Waals surface area contributed by atoms with Crippen molar-refractivity contribution < 1.29 is 19.4 Å². The minimum atomic E-state index is -1.34. The Labute approximate surface area is 226 Å². The summed E-state index contributed by atoms with van der Waals surface area (Å²) in [4.78, 5) is 11.9. The molecule has 0 unspecified atom stereocenters. The van der Waals surface area contributed by atoms with Crippen LogP contribution in [0.15, 0.2) is 121 Å². The molecule has 0 aliphatic carbocycles. The minimum absolute atomic E-state index is 0.317. The van der Waals surface area contributed by atoms with E-state index in [1.54, 1.807) is 0 Å². The van der Waals surface area contributed by atoms with Crippen molar-refractivity contribution in [2.75, 3.05) is 6.61 Å². The van der Waals surface area contributed by atoms with E-state index in [-0.39, 0.29) is 0 Å². The Morgan fingerprint density at radius 3 is 2.18 bits per heavy atom. The van der Waals surface area contributed by atoms with Gasteiger partial charge in [0.25, 0.3) is 0 Å². The van der Waals surface area contributed by atoms with E-state index in [0.29, 0.717) is 25.5 Å². The number of benzene rings is 5. The number of para-hydroxylation sites is 1. The van der Waals surface area contributed by atoms with Crippen molar-refractivity contribution in [2.24, 2.45) is 0 Å². The molecular weight excluding hydrogens is 486 g/mol. The van der Waals surface area contributed by atoms with Gasteiger partial charge in [-0.25, -0.2) is 4.79 Å². The summed E-state index contributed by atoms with van der Waals surface area (Å²) in [5.41, 5.74) is 4.66. The summed E-state index contributed by atoms with van der Waals surface area (Å²) in [6, 6.07) is 40.3. The van der Waals surface area contributed by atoms with E-state index in [9.17, 15) is 9.90 Å². The van der Waals surface area contributed by atoms with Crippen LogP contribution in [-0.4, -0.2) is 22.4 Å². The Bertz CT molecular complexity index is 1770. The Morgan fingerprint density at radius 1 is 0.692 bits per heavy atom. The molecule has 6 rings (SSSR count). The number of aromatic nitrogens is 1. The fraction of sp³-hybridized carbons (Fsp3) is 0.0882. The first kappa shape index (κ1) is 24.3. The van der Waals surface area contributed by atoms with Crippen LogP contribution >= 0.6 is 0 Å². The van der Waals surface area contributed by atoms with Gasteiger partial charge in [-0.05, 0) is 40.6 Å². The molecule has 1 aromatic heterocycles. The number of hydrogen-bond donors (Lipinski definition) is 1. The van der Waals surface area contributed by atoms with Gasteiger partial charge in [0.15, 0.2) is 0 Å². The number of carboxylic acid groups (broad SMARTS) is 1. The standard InChI is InChI=1S/C34H27NO4/c36-34(37)39-33-32(28-18-7-6-16-26(28)24-12-2-1-3-13-24)29-19-8-9-20-30(29)35(33)22-11-23-38-31-21-10-15-25-14-4-5-17-27(25)31/h1-10,12-21H,11,22-23H2,(H,36,37). The third kappa shape index (κ3) is 4.82. The molecule has 5 heteroatoms. The van der Waals surface area contributed by atoms with Gasteiger partial charge in [0.2, 0.25) is 5.88 Å². The average Bonchev–Trinajstić information content (AvgIpc) is 3.27. The van der Waals surface area contributed by atoms with E-state index in [4.69, 9.17) is 9.47 Å². The zero-order chi connectivity index (χ0) is 26.6. The van der Waals surface area contributed by atoms with Gasteiger partial charge >= 0.3 is 6.16 Å². The molecule has 0 saturated heterocycles. The number of ether oxygens (including phenoxy) is 2. The summed E-state index contributed by atoms with van der Waals surface area (Å²) in [5.74, 6) is 1.15. The van der Waals surface area contributed by atoms with Crippen molar-refractivity contribution in [1.29, 1.82) is 0 Å². The number of rotatable bonds is 8. The van der Waals surface area contributed by atoms with Gasteiger partial charge < -0.3 is 19.1 Å². The smallest absolute Gasteiger partial charge is 0.493 e. The lowest BCUT2D eigenvalue weighted by Gasteiger charge is -2.14. The minimum Gasteiger partial charge on any atom is -0.493 e. The normalized spacial score (nSPS) is 11.1. The largest absolute Gasteiger partial charge is 0.512 e. The lowest BCUT2D eigenvalue weighted by atomic mass is 9.94. The summed E-state index contributed by atoms with van der Waals surface area (Å²) in [6.07, 6.45) is -0.679. The highest BCUT2D eigenvalue weighted by atomic mass is 16.7. The molecular formula is C34H27NO4. The molecule has 1 N–H and O–H groups in total. The molecule has 0 spiro atoms. The summed E-state index contributed by atoms with van der Waals surface area (Å²) in [7, 11) is 0. The van der Waals surface area contributed by atoms with Crippen molar-refractivity contribution in [3.63, 3.8) is 0 Å². The summed E-state index contributed by atoms with van der Waals surface area (Å²) in [5, 5.41) is 12.9. The zero-order valence-corrected chi connectivity index (χ0v) is 21.3. The molecule has 0 atom stereocenters. The average molecular weight is 514 g/mol. The lowest BCUT2D eigenvalue weighted by molar-refractivity contribution is 0.141. The number of carbonyl (C=O) groups is 1. The molecule has 0 aliphatic heterocycles. The molecule has 39 heavy (non-hydrogen) atoms. The quantitative estimate of drug-likeness (QED) is 0.163. The first-order valence-corrected chi connectivity index (χ1v) is 13.0. The van der Waals surface area contributed by atoms with E-state index < -0.39 is 6.16 Å². The first-order chi connectivity index (χ1) is 19.2. The van der Waals surface area contributed by atoms with E-state index in [1.807, 2.05) is 89.5 Å². The van der Waals surface area contributed by atoms with Crippen LogP contribution in [-0.2, 0) is 6.54 Å². The Hall–Kier alpha value is -5.03. The van der Waals surface area contributed by atoms with Crippen LogP contribution in [0.3, 0.4) is 0 Å². The van der Waals surface area contributed by atoms with Gasteiger partial charge in [-0.3, -0.25) is 0 Å². The second-order valence-corrected chi connectivity index (χ2v) is 9.31. The van der Waals surface area contributed by atoms with Crippen LogP contribution in [0.5, 0.6) is 11.6 Å². The van der Waals surface area contributed by atoms with Gasteiger partial charge in [0, 0.05) is 17.3 Å². The second kappa shape index (κ2) is 10.8. The number of fused-ring (bicyclic) bond motifs is 2. The fourth-order valence-corrected chi connectivity index (χ4v) is 5.25. The Kier molecular flexibility index (Phi) is 6.71. The van der Waals surface area contributed by atoms with Gasteiger partial charge in [-0.2, -0.15) is 0 Å². The maximum atomic E-state index is 11.9. The molecule has 0 fully saturated rings. The van der Waals surface area contributed by atoms with Gasteiger partial charge in [-0.15, -0.1) is 0 Å². The number of nitrogens with zero attached hydrogens (tertiary/aromatic N) is 1. The Morgan fingerprint density at radius 2 is 1.36 bits per heavy atom. The summed E-state index contributed by atoms with van der Waals surface area (Å²) in [6.45, 7) is 1.00. The van der Waals surface area contributed by atoms with E-state index >= 15 is 0 Å². The van der Waals surface area contributed by atoms with E-state index in [1.165, 1.54) is 0 Å². The van der Waals surface area contributed by atoms with E-state index in [2.05, 4.69) is 36.4 Å². The molecule has 0 radical (unpaired) electrons. The topological polar surface area (TPSA) is 60.7 Å². The van der Waals surface area contributed by atoms with Crippen LogP contribution in [0.2, 0.25) is 0 Å². The number of aryl methyl sites for hydroxylation is 1. The predicted octanol–water partition coefficient (Wildman–Crippen LogP) is 8.65. The summed E-state index contributed by atoms with van der Waals surface area (Å²) >= 11 is 0. The maximum Gasteiger partial charge on any atom is 0.512 e. The second-order valence-electron chi connectivity index (χ2n) is 9.31. The van der Waals surface area contributed by atoms with Crippen molar-refractivity contribution in [2.45, 2.75) is 13.0 Å². The highest BCUT2D eigenvalue weighted by Gasteiger charge is 2.24. The molecule has 192 valence electrons. The Balaban J connectivity index is 1.38. The maximum absolute atomic E-state index is 11.9. The molecule has 6 aromatic rings. The molecule has 5 nitrogen and oxygen atoms in total. The monoisotopic (exact) mass is 513 g/mol.